The highest BCUT2D eigenvalue weighted by Gasteiger charge is 2.12. The third kappa shape index (κ3) is 4.24. The maximum absolute atomic E-state index is 10.6. The van der Waals surface area contributed by atoms with Crippen LogP contribution in [0.1, 0.15) is 12.0 Å². The summed E-state index contributed by atoms with van der Waals surface area (Å²) in [4.78, 5) is 10.6. The van der Waals surface area contributed by atoms with Crippen LogP contribution in [0.5, 0.6) is 0 Å². The lowest BCUT2D eigenvalue weighted by Crippen LogP contribution is -2.24. The van der Waals surface area contributed by atoms with Crippen molar-refractivity contribution in [3.63, 3.8) is 0 Å². The molecule has 0 spiro atoms. The molecule has 2 N–H and O–H groups in total. The molecular weight excluding hydrogens is 256 g/mol. The van der Waals surface area contributed by atoms with Crippen molar-refractivity contribution in [1.82, 2.24) is 0 Å². The first-order valence-corrected chi connectivity index (χ1v) is 5.62. The van der Waals surface area contributed by atoms with Crippen LogP contribution in [0, 0.1) is 11.3 Å². The van der Waals surface area contributed by atoms with Crippen LogP contribution in [0.2, 0.25) is 5.02 Å². The minimum Gasteiger partial charge on any atom is -0.481 e. The molecule has 0 radical (unpaired) electrons. The van der Waals surface area contributed by atoms with E-state index in [1.807, 2.05) is 6.07 Å². The summed E-state index contributed by atoms with van der Waals surface area (Å²) in [5, 5.41) is 20.8. The Morgan fingerprint density at radius 3 is 2.89 bits per heavy atom. The first kappa shape index (κ1) is 14.3. The number of benzene rings is 1. The van der Waals surface area contributed by atoms with Crippen molar-refractivity contribution in [2.45, 2.75) is 12.5 Å². The summed E-state index contributed by atoms with van der Waals surface area (Å²) in [6.07, 6.45) is -0.495. The summed E-state index contributed by atoms with van der Waals surface area (Å²) in [5.74, 6) is -0.915. The summed E-state index contributed by atoms with van der Waals surface area (Å²) in [5.41, 5.74) is 1.11. The Morgan fingerprint density at radius 1 is 1.67 bits per heavy atom. The number of hydrogen-bond acceptors (Lipinski definition) is 4. The fraction of sp³-hybridized carbons (Fsp3) is 0.333. The van der Waals surface area contributed by atoms with Crippen LogP contribution in [0.4, 0.5) is 5.69 Å². The number of nitriles is 1. The molecule has 0 aliphatic heterocycles. The minimum atomic E-state index is -0.915. The van der Waals surface area contributed by atoms with Gasteiger partial charge in [0.15, 0.2) is 0 Å². The normalized spacial score (nSPS) is 11.6. The van der Waals surface area contributed by atoms with E-state index in [1.54, 1.807) is 18.2 Å². The molecular formula is C12H13ClN2O3. The van der Waals surface area contributed by atoms with E-state index in [4.69, 9.17) is 26.7 Å². The zero-order valence-corrected chi connectivity index (χ0v) is 10.6. The van der Waals surface area contributed by atoms with Gasteiger partial charge in [0.1, 0.15) is 6.07 Å². The Bertz CT molecular complexity index is 471. The van der Waals surface area contributed by atoms with Gasteiger partial charge < -0.3 is 15.2 Å². The van der Waals surface area contributed by atoms with Crippen LogP contribution >= 0.6 is 11.6 Å². The Morgan fingerprint density at radius 2 is 2.39 bits per heavy atom. The predicted molar refractivity (Wildman–Crippen MR) is 67.7 cm³/mol. The summed E-state index contributed by atoms with van der Waals surface area (Å²) in [7, 11) is 1.46. The third-order valence-corrected chi connectivity index (χ3v) is 2.67. The molecule has 0 fully saturated rings. The number of methoxy groups -OCH3 is 1. The van der Waals surface area contributed by atoms with Gasteiger partial charge in [-0.2, -0.15) is 5.26 Å². The SMILES string of the molecule is COC(CNc1ccc(C#N)c(Cl)c1)CC(=O)O. The van der Waals surface area contributed by atoms with E-state index >= 15 is 0 Å². The molecule has 6 heteroatoms. The van der Waals surface area contributed by atoms with Crippen LogP contribution in [0.25, 0.3) is 0 Å². The van der Waals surface area contributed by atoms with Crippen molar-refractivity contribution in [1.29, 1.82) is 5.26 Å². The Labute approximate surface area is 110 Å². The standard InChI is InChI=1S/C12H13ClN2O3/c1-18-10(5-12(16)17)7-15-9-3-2-8(6-14)11(13)4-9/h2-4,10,15H,5,7H2,1H3,(H,16,17). The molecule has 0 saturated heterocycles. The highest BCUT2D eigenvalue weighted by Crippen LogP contribution is 2.20. The number of ether oxygens (including phenoxy) is 1. The van der Waals surface area contributed by atoms with Gasteiger partial charge in [-0.15, -0.1) is 0 Å². The van der Waals surface area contributed by atoms with E-state index in [9.17, 15) is 4.79 Å². The lowest BCUT2D eigenvalue weighted by Gasteiger charge is -2.15. The van der Waals surface area contributed by atoms with E-state index in [2.05, 4.69) is 5.32 Å². The molecule has 0 aromatic heterocycles. The molecule has 0 amide bonds. The van der Waals surface area contributed by atoms with Crippen molar-refractivity contribution in [2.24, 2.45) is 0 Å². The van der Waals surface area contributed by atoms with Gasteiger partial charge in [-0.1, -0.05) is 11.6 Å². The fourth-order valence-electron chi connectivity index (χ4n) is 1.38. The zero-order valence-electron chi connectivity index (χ0n) is 9.81. The van der Waals surface area contributed by atoms with E-state index in [-0.39, 0.29) is 6.42 Å². The molecule has 96 valence electrons. The van der Waals surface area contributed by atoms with Gasteiger partial charge in [-0.25, -0.2) is 0 Å². The number of rotatable bonds is 6. The highest BCUT2D eigenvalue weighted by atomic mass is 35.5. The summed E-state index contributed by atoms with van der Waals surface area (Å²) >= 11 is 5.88. The van der Waals surface area contributed by atoms with Crippen molar-refractivity contribution >= 4 is 23.3 Å². The highest BCUT2D eigenvalue weighted by molar-refractivity contribution is 6.32. The number of carboxylic acid groups (broad SMARTS) is 1. The second kappa shape index (κ2) is 6.84. The van der Waals surface area contributed by atoms with Crippen LogP contribution < -0.4 is 5.32 Å². The van der Waals surface area contributed by atoms with Crippen molar-refractivity contribution in [2.75, 3.05) is 19.0 Å². The van der Waals surface area contributed by atoms with Crippen molar-refractivity contribution < 1.29 is 14.6 Å². The van der Waals surface area contributed by atoms with Crippen molar-refractivity contribution in [3.05, 3.63) is 28.8 Å². The van der Waals surface area contributed by atoms with Crippen LogP contribution in [0.3, 0.4) is 0 Å². The molecule has 1 atom stereocenters. The van der Waals surface area contributed by atoms with Gasteiger partial charge in [0.05, 0.1) is 23.1 Å². The molecule has 5 nitrogen and oxygen atoms in total. The number of aliphatic carboxylic acids is 1. The molecule has 18 heavy (non-hydrogen) atoms. The Hall–Kier alpha value is -1.77. The molecule has 0 saturated carbocycles. The lowest BCUT2D eigenvalue weighted by molar-refractivity contribution is -0.139. The molecule has 1 rings (SSSR count). The quantitative estimate of drug-likeness (QED) is 0.826. The Kier molecular flexibility index (Phi) is 5.43. The average molecular weight is 269 g/mol. The Balaban J connectivity index is 2.60. The first-order chi connectivity index (χ1) is 8.56. The molecule has 1 aromatic rings. The molecule has 0 aliphatic carbocycles. The van der Waals surface area contributed by atoms with Crippen LogP contribution in [0.15, 0.2) is 18.2 Å². The van der Waals surface area contributed by atoms with Gasteiger partial charge in [0.2, 0.25) is 0 Å². The number of hydrogen-bond donors (Lipinski definition) is 2. The topological polar surface area (TPSA) is 82.3 Å². The van der Waals surface area contributed by atoms with Crippen LogP contribution in [-0.2, 0) is 9.53 Å². The molecule has 1 unspecified atom stereocenters. The van der Waals surface area contributed by atoms with E-state index in [0.29, 0.717) is 22.8 Å². The van der Waals surface area contributed by atoms with Gasteiger partial charge >= 0.3 is 5.97 Å². The smallest absolute Gasteiger partial charge is 0.306 e. The number of carbonyl (C=O) groups is 1. The third-order valence-electron chi connectivity index (χ3n) is 2.36. The second-order valence-corrected chi connectivity index (χ2v) is 4.05. The number of nitrogens with one attached hydrogen (secondary N) is 1. The van der Waals surface area contributed by atoms with Crippen LogP contribution in [-0.4, -0.2) is 30.8 Å². The largest absolute Gasteiger partial charge is 0.481 e. The summed E-state index contributed by atoms with van der Waals surface area (Å²) in [6.45, 7) is 0.352. The maximum atomic E-state index is 10.6. The number of nitrogens with zero attached hydrogens (tertiary/aromatic N) is 1. The predicted octanol–water partition coefficient (Wildman–Crippen LogP) is 2.11. The second-order valence-electron chi connectivity index (χ2n) is 3.64. The molecule has 0 bridgehead atoms. The minimum absolute atomic E-state index is 0.0759. The van der Waals surface area contributed by atoms with E-state index in [1.165, 1.54) is 7.11 Å². The molecule has 0 aliphatic rings. The maximum Gasteiger partial charge on any atom is 0.306 e. The van der Waals surface area contributed by atoms with Crippen molar-refractivity contribution in [3.8, 4) is 6.07 Å². The molecule has 0 heterocycles. The van der Waals surface area contributed by atoms with Gasteiger partial charge in [-0.3, -0.25) is 4.79 Å². The summed E-state index contributed by atoms with van der Waals surface area (Å²) in [6, 6.07) is 6.89. The van der Waals surface area contributed by atoms with E-state index in [0.717, 1.165) is 0 Å². The van der Waals surface area contributed by atoms with Gasteiger partial charge in [0, 0.05) is 19.3 Å². The summed E-state index contributed by atoms with van der Waals surface area (Å²) < 4.78 is 5.03. The number of halogens is 1. The van der Waals surface area contributed by atoms with Gasteiger partial charge in [0.25, 0.3) is 0 Å². The first-order valence-electron chi connectivity index (χ1n) is 5.25. The zero-order chi connectivity index (χ0) is 13.5. The fourth-order valence-corrected chi connectivity index (χ4v) is 1.60. The van der Waals surface area contributed by atoms with E-state index < -0.39 is 12.1 Å². The number of anilines is 1. The lowest BCUT2D eigenvalue weighted by atomic mass is 10.2. The number of carboxylic acids is 1. The average Bonchev–Trinajstić information content (AvgIpc) is 2.34. The monoisotopic (exact) mass is 268 g/mol. The molecule has 1 aromatic carbocycles. The van der Waals surface area contributed by atoms with Gasteiger partial charge in [-0.05, 0) is 18.2 Å².